The average molecular weight is 347 g/mol. The molecule has 1 heterocycles. The highest BCUT2D eigenvalue weighted by Gasteiger charge is 2.11. The number of fused-ring (bicyclic) bond motifs is 1. The SMILES string of the molecule is CNCC(C)C(=O)NCCn1c(C)nc2ccccc21.Cl.Cl. The van der Waals surface area contributed by atoms with E-state index in [1.807, 2.05) is 39.1 Å². The lowest BCUT2D eigenvalue weighted by atomic mass is 10.1. The fraction of sp³-hybridized carbons (Fsp3) is 0.467. The molecule has 1 unspecified atom stereocenters. The quantitative estimate of drug-likeness (QED) is 0.842. The first-order chi connectivity index (χ1) is 9.63. The van der Waals surface area contributed by atoms with Gasteiger partial charge in [0.1, 0.15) is 5.82 Å². The van der Waals surface area contributed by atoms with Crippen LogP contribution in [-0.2, 0) is 11.3 Å². The van der Waals surface area contributed by atoms with Gasteiger partial charge in [-0.2, -0.15) is 0 Å². The molecule has 2 rings (SSSR count). The first kappa shape index (κ1) is 20.7. The van der Waals surface area contributed by atoms with Crippen LogP contribution in [0, 0.1) is 12.8 Å². The number of carbonyl (C=O) groups excluding carboxylic acids is 1. The van der Waals surface area contributed by atoms with E-state index >= 15 is 0 Å². The number of imidazole rings is 1. The molecule has 0 saturated carbocycles. The van der Waals surface area contributed by atoms with Crippen LogP contribution in [0.25, 0.3) is 11.0 Å². The van der Waals surface area contributed by atoms with E-state index in [4.69, 9.17) is 0 Å². The highest BCUT2D eigenvalue weighted by Crippen LogP contribution is 2.14. The Balaban J connectivity index is 0.00000220. The predicted octanol–water partition coefficient (Wildman–Crippen LogP) is 2.16. The molecule has 2 aromatic rings. The summed E-state index contributed by atoms with van der Waals surface area (Å²) in [5, 5.41) is 5.98. The van der Waals surface area contributed by atoms with Crippen LogP contribution in [0.15, 0.2) is 24.3 Å². The van der Waals surface area contributed by atoms with Crippen LogP contribution in [0.1, 0.15) is 12.7 Å². The number of aryl methyl sites for hydroxylation is 1. The van der Waals surface area contributed by atoms with Gasteiger partial charge in [0.2, 0.25) is 5.91 Å². The van der Waals surface area contributed by atoms with Crippen molar-refractivity contribution in [3.8, 4) is 0 Å². The van der Waals surface area contributed by atoms with Gasteiger partial charge in [-0.05, 0) is 26.1 Å². The fourth-order valence-corrected chi connectivity index (χ4v) is 2.34. The summed E-state index contributed by atoms with van der Waals surface area (Å²) in [6.07, 6.45) is 0. The van der Waals surface area contributed by atoms with E-state index in [9.17, 15) is 4.79 Å². The number of carbonyl (C=O) groups is 1. The van der Waals surface area contributed by atoms with Gasteiger partial charge >= 0.3 is 0 Å². The third-order valence-electron chi connectivity index (χ3n) is 3.44. The van der Waals surface area contributed by atoms with Crippen molar-refractivity contribution < 1.29 is 4.79 Å². The van der Waals surface area contributed by atoms with E-state index in [2.05, 4.69) is 26.3 Å². The molecule has 22 heavy (non-hydrogen) atoms. The monoisotopic (exact) mass is 346 g/mol. The number of para-hydroxylation sites is 2. The molecule has 0 aliphatic heterocycles. The van der Waals surface area contributed by atoms with Crippen molar-refractivity contribution in [2.75, 3.05) is 20.1 Å². The van der Waals surface area contributed by atoms with Crippen LogP contribution in [0.5, 0.6) is 0 Å². The zero-order chi connectivity index (χ0) is 14.5. The number of benzene rings is 1. The molecule has 1 aromatic heterocycles. The first-order valence-corrected chi connectivity index (χ1v) is 6.97. The summed E-state index contributed by atoms with van der Waals surface area (Å²) in [4.78, 5) is 16.3. The molecule has 0 saturated heterocycles. The molecule has 0 aliphatic carbocycles. The normalized spacial score (nSPS) is 11.4. The summed E-state index contributed by atoms with van der Waals surface area (Å²) in [5.74, 6) is 1.05. The third kappa shape index (κ3) is 4.87. The van der Waals surface area contributed by atoms with Gasteiger partial charge in [-0.15, -0.1) is 24.8 Å². The Bertz CT molecular complexity index is 600. The van der Waals surface area contributed by atoms with Crippen LogP contribution < -0.4 is 10.6 Å². The Morgan fingerprint density at radius 1 is 1.32 bits per heavy atom. The van der Waals surface area contributed by atoms with Gasteiger partial charge in [0.15, 0.2) is 0 Å². The molecule has 0 fully saturated rings. The zero-order valence-electron chi connectivity index (χ0n) is 13.1. The molecule has 124 valence electrons. The van der Waals surface area contributed by atoms with E-state index in [1.165, 1.54) is 0 Å². The molecule has 0 radical (unpaired) electrons. The molecule has 2 N–H and O–H groups in total. The molecule has 1 atom stereocenters. The van der Waals surface area contributed by atoms with Crippen LogP contribution >= 0.6 is 24.8 Å². The summed E-state index contributed by atoms with van der Waals surface area (Å²) in [6.45, 7) is 5.96. The second-order valence-corrected chi connectivity index (χ2v) is 5.05. The number of nitrogens with zero attached hydrogens (tertiary/aromatic N) is 2. The molecule has 0 bridgehead atoms. The van der Waals surface area contributed by atoms with E-state index in [1.54, 1.807) is 0 Å². The van der Waals surface area contributed by atoms with Crippen molar-refractivity contribution in [3.63, 3.8) is 0 Å². The summed E-state index contributed by atoms with van der Waals surface area (Å²) in [7, 11) is 1.85. The number of amides is 1. The van der Waals surface area contributed by atoms with Gasteiger partial charge in [-0.3, -0.25) is 4.79 Å². The Labute approximate surface area is 143 Å². The van der Waals surface area contributed by atoms with Crippen molar-refractivity contribution in [1.29, 1.82) is 0 Å². The summed E-state index contributed by atoms with van der Waals surface area (Å²) in [6, 6.07) is 8.06. The van der Waals surface area contributed by atoms with Gasteiger partial charge < -0.3 is 15.2 Å². The van der Waals surface area contributed by atoms with Gasteiger partial charge in [-0.1, -0.05) is 19.1 Å². The Morgan fingerprint density at radius 3 is 2.68 bits per heavy atom. The van der Waals surface area contributed by atoms with Crippen LogP contribution in [0.2, 0.25) is 0 Å². The summed E-state index contributed by atoms with van der Waals surface area (Å²) in [5.41, 5.74) is 2.11. The minimum absolute atomic E-state index is 0. The van der Waals surface area contributed by atoms with E-state index in [0.29, 0.717) is 13.1 Å². The van der Waals surface area contributed by atoms with Gasteiger partial charge in [0, 0.05) is 25.6 Å². The molecule has 5 nitrogen and oxygen atoms in total. The van der Waals surface area contributed by atoms with Crippen LogP contribution in [-0.4, -0.2) is 35.6 Å². The molecule has 0 spiro atoms. The maximum absolute atomic E-state index is 11.8. The van der Waals surface area contributed by atoms with Crippen molar-refractivity contribution in [1.82, 2.24) is 20.2 Å². The van der Waals surface area contributed by atoms with Crippen LogP contribution in [0.4, 0.5) is 0 Å². The number of rotatable bonds is 6. The van der Waals surface area contributed by atoms with E-state index in [0.717, 1.165) is 23.4 Å². The molecule has 1 amide bonds. The summed E-state index contributed by atoms with van der Waals surface area (Å²) >= 11 is 0. The number of aromatic nitrogens is 2. The molecular weight excluding hydrogens is 323 g/mol. The molecule has 7 heteroatoms. The second kappa shape index (κ2) is 9.66. The van der Waals surface area contributed by atoms with E-state index < -0.39 is 0 Å². The average Bonchev–Trinajstić information content (AvgIpc) is 2.75. The van der Waals surface area contributed by atoms with Crippen molar-refractivity contribution in [2.45, 2.75) is 20.4 Å². The lowest BCUT2D eigenvalue weighted by Crippen LogP contribution is -2.36. The first-order valence-electron chi connectivity index (χ1n) is 6.97. The topological polar surface area (TPSA) is 59.0 Å². The Morgan fingerprint density at radius 2 is 2.00 bits per heavy atom. The molecular formula is C15H24Cl2N4O. The minimum atomic E-state index is -0.0133. The lowest BCUT2D eigenvalue weighted by molar-refractivity contribution is -0.124. The second-order valence-electron chi connectivity index (χ2n) is 5.05. The summed E-state index contributed by atoms with van der Waals surface area (Å²) < 4.78 is 2.14. The van der Waals surface area contributed by atoms with Crippen molar-refractivity contribution in [2.24, 2.45) is 5.92 Å². The van der Waals surface area contributed by atoms with E-state index in [-0.39, 0.29) is 36.6 Å². The maximum atomic E-state index is 11.8. The highest BCUT2D eigenvalue weighted by atomic mass is 35.5. The maximum Gasteiger partial charge on any atom is 0.224 e. The largest absolute Gasteiger partial charge is 0.354 e. The fourth-order valence-electron chi connectivity index (χ4n) is 2.34. The predicted molar refractivity (Wildman–Crippen MR) is 95.1 cm³/mol. The van der Waals surface area contributed by atoms with Gasteiger partial charge in [0.25, 0.3) is 0 Å². The van der Waals surface area contributed by atoms with Gasteiger partial charge in [0.05, 0.1) is 11.0 Å². The molecule has 0 aliphatic rings. The van der Waals surface area contributed by atoms with Gasteiger partial charge in [-0.25, -0.2) is 4.98 Å². The molecule has 1 aromatic carbocycles. The highest BCUT2D eigenvalue weighted by molar-refractivity contribution is 5.85. The Hall–Kier alpha value is -1.30. The lowest BCUT2D eigenvalue weighted by Gasteiger charge is -2.12. The third-order valence-corrected chi connectivity index (χ3v) is 3.44. The smallest absolute Gasteiger partial charge is 0.224 e. The number of hydrogen-bond acceptors (Lipinski definition) is 3. The standard InChI is InChI=1S/C15H22N4O.2ClH/c1-11(10-16-3)15(20)17-8-9-19-12(2)18-13-6-4-5-7-14(13)19;;/h4-7,11,16H,8-10H2,1-3H3,(H,17,20);2*1H. The van der Waals surface area contributed by atoms with Crippen molar-refractivity contribution >= 4 is 41.8 Å². The minimum Gasteiger partial charge on any atom is -0.354 e. The number of hydrogen-bond donors (Lipinski definition) is 2. The number of halogens is 2. The van der Waals surface area contributed by atoms with Crippen LogP contribution in [0.3, 0.4) is 0 Å². The zero-order valence-corrected chi connectivity index (χ0v) is 14.8. The Kier molecular flexibility index (Phi) is 9.09. The van der Waals surface area contributed by atoms with Crippen molar-refractivity contribution in [3.05, 3.63) is 30.1 Å². The number of nitrogens with one attached hydrogen (secondary N) is 2.